The highest BCUT2D eigenvalue weighted by atomic mass is 16.6. The summed E-state index contributed by atoms with van der Waals surface area (Å²) in [5.41, 5.74) is 1.54. The first kappa shape index (κ1) is 19.4. The second-order valence-electron chi connectivity index (χ2n) is 7.58. The van der Waals surface area contributed by atoms with Gasteiger partial charge in [0, 0.05) is 5.56 Å². The second kappa shape index (κ2) is 7.16. The van der Waals surface area contributed by atoms with Crippen LogP contribution in [0.4, 0.5) is 5.69 Å². The Morgan fingerprint density at radius 2 is 2.00 bits per heavy atom. The Balaban J connectivity index is 0.00000109. The van der Waals surface area contributed by atoms with E-state index in [1.807, 2.05) is 13.0 Å². The van der Waals surface area contributed by atoms with Gasteiger partial charge in [0.05, 0.1) is 11.0 Å². The Kier molecular flexibility index (Phi) is 5.57. The lowest BCUT2D eigenvalue weighted by Crippen LogP contribution is -2.46. The van der Waals surface area contributed by atoms with Crippen molar-refractivity contribution >= 4 is 5.69 Å². The maximum absolute atomic E-state index is 11.3. The van der Waals surface area contributed by atoms with Crippen LogP contribution in [0.15, 0.2) is 25.3 Å². The average Bonchev–Trinajstić information content (AvgIpc) is 2.58. The molecular weight excluding hydrogens is 318 g/mol. The lowest BCUT2D eigenvalue weighted by molar-refractivity contribution is -0.386. The summed E-state index contributed by atoms with van der Waals surface area (Å²) in [4.78, 5) is 10.9. The Hall–Kier alpha value is -1.88. The predicted octanol–water partition coefficient (Wildman–Crippen LogP) is 4.57. The average molecular weight is 347 g/mol. The van der Waals surface area contributed by atoms with Crippen molar-refractivity contribution in [2.45, 2.75) is 58.5 Å². The lowest BCUT2D eigenvalue weighted by Gasteiger charge is -2.52. The molecule has 0 amide bonds. The molecule has 138 valence electrons. The van der Waals surface area contributed by atoms with Gasteiger partial charge in [-0.15, -0.1) is 13.2 Å². The zero-order valence-corrected chi connectivity index (χ0v) is 15.4. The molecule has 1 fully saturated rings. The van der Waals surface area contributed by atoms with E-state index >= 15 is 0 Å². The number of hydrogen-bond acceptors (Lipinski definition) is 4. The van der Waals surface area contributed by atoms with Gasteiger partial charge in [-0.1, -0.05) is 19.9 Å². The van der Waals surface area contributed by atoms with Gasteiger partial charge < -0.3 is 10.2 Å². The van der Waals surface area contributed by atoms with Crippen molar-refractivity contribution in [3.63, 3.8) is 0 Å². The maximum Gasteiger partial charge on any atom is 0.314 e. The molecule has 2 N–H and O–H groups in total. The number of benzene rings is 1. The molecule has 5 nitrogen and oxygen atoms in total. The van der Waals surface area contributed by atoms with Gasteiger partial charge in [-0.25, -0.2) is 0 Å². The van der Waals surface area contributed by atoms with E-state index in [9.17, 15) is 20.3 Å². The highest BCUT2D eigenvalue weighted by Crippen LogP contribution is 2.57. The molecule has 0 bridgehead atoms. The molecule has 2 aliphatic rings. The summed E-state index contributed by atoms with van der Waals surface area (Å²) in [6, 6.07) is 3.33. The topological polar surface area (TPSA) is 83.6 Å². The number of phenols is 1. The highest BCUT2D eigenvalue weighted by molar-refractivity contribution is 5.57. The summed E-state index contributed by atoms with van der Waals surface area (Å²) in [5, 5.41) is 31.4. The fourth-order valence-corrected chi connectivity index (χ4v) is 4.94. The minimum atomic E-state index is -0.458. The first-order valence-electron chi connectivity index (χ1n) is 8.94. The van der Waals surface area contributed by atoms with Gasteiger partial charge in [0.1, 0.15) is 0 Å². The zero-order chi connectivity index (χ0) is 18.9. The van der Waals surface area contributed by atoms with Crippen molar-refractivity contribution in [3.8, 4) is 5.75 Å². The second-order valence-corrected chi connectivity index (χ2v) is 7.58. The Morgan fingerprint density at radius 1 is 1.36 bits per heavy atom. The quantitative estimate of drug-likeness (QED) is 0.466. The van der Waals surface area contributed by atoms with Gasteiger partial charge in [0.15, 0.2) is 5.75 Å². The van der Waals surface area contributed by atoms with Crippen molar-refractivity contribution < 1.29 is 15.1 Å². The normalized spacial score (nSPS) is 31.8. The van der Waals surface area contributed by atoms with Crippen molar-refractivity contribution in [1.29, 1.82) is 0 Å². The summed E-state index contributed by atoms with van der Waals surface area (Å²) in [5.74, 6) is 0.854. The summed E-state index contributed by atoms with van der Waals surface area (Å²) in [6.45, 7) is 12.2. The monoisotopic (exact) mass is 347 g/mol. The SMILES string of the molecule is C=C.CC(O)C1(C)CCC2c3ccc(O)c([N+](=O)[O-])c3CCC2C1C. The van der Waals surface area contributed by atoms with Gasteiger partial charge >= 0.3 is 5.69 Å². The van der Waals surface area contributed by atoms with E-state index in [1.54, 1.807) is 0 Å². The van der Waals surface area contributed by atoms with Gasteiger partial charge in [0.25, 0.3) is 0 Å². The van der Waals surface area contributed by atoms with Crippen molar-refractivity contribution in [2.24, 2.45) is 17.3 Å². The number of hydrogen-bond donors (Lipinski definition) is 2. The Morgan fingerprint density at radius 3 is 2.56 bits per heavy atom. The fourth-order valence-electron chi connectivity index (χ4n) is 4.94. The van der Waals surface area contributed by atoms with Crippen molar-refractivity contribution in [1.82, 2.24) is 0 Å². The van der Waals surface area contributed by atoms with Crippen LogP contribution >= 0.6 is 0 Å². The number of nitro benzene ring substituents is 1. The number of aliphatic hydroxyl groups is 1. The third kappa shape index (κ3) is 3.06. The van der Waals surface area contributed by atoms with Crippen LogP contribution in [0.5, 0.6) is 5.75 Å². The molecule has 5 unspecified atom stereocenters. The maximum atomic E-state index is 11.3. The van der Waals surface area contributed by atoms with Crippen LogP contribution in [0.2, 0.25) is 0 Å². The van der Waals surface area contributed by atoms with E-state index in [2.05, 4.69) is 27.0 Å². The van der Waals surface area contributed by atoms with Gasteiger partial charge in [-0.2, -0.15) is 0 Å². The molecule has 5 atom stereocenters. The molecule has 1 saturated carbocycles. The largest absolute Gasteiger partial charge is 0.502 e. The van der Waals surface area contributed by atoms with Crippen LogP contribution in [0, 0.1) is 27.4 Å². The van der Waals surface area contributed by atoms with E-state index in [0.29, 0.717) is 29.7 Å². The van der Waals surface area contributed by atoms with E-state index < -0.39 is 4.92 Å². The third-order valence-electron chi connectivity index (χ3n) is 6.76. The number of phenolic OH excluding ortho intramolecular Hbond substituents is 1. The zero-order valence-electron chi connectivity index (χ0n) is 15.4. The number of rotatable bonds is 2. The Bertz CT molecular complexity index is 657. The number of aliphatic hydroxyl groups excluding tert-OH is 1. The lowest BCUT2D eigenvalue weighted by atomic mass is 9.54. The predicted molar refractivity (Wildman–Crippen MR) is 98.8 cm³/mol. The van der Waals surface area contributed by atoms with Crippen molar-refractivity contribution in [3.05, 3.63) is 46.5 Å². The van der Waals surface area contributed by atoms with Gasteiger partial charge in [-0.05, 0) is 67.4 Å². The molecule has 0 aliphatic heterocycles. The van der Waals surface area contributed by atoms with Crippen LogP contribution in [0.1, 0.15) is 57.1 Å². The first-order valence-corrected chi connectivity index (χ1v) is 8.94. The van der Waals surface area contributed by atoms with Crippen LogP contribution in [-0.2, 0) is 6.42 Å². The number of fused-ring (bicyclic) bond motifs is 3. The summed E-state index contributed by atoms with van der Waals surface area (Å²) in [7, 11) is 0. The fraction of sp³-hybridized carbons (Fsp3) is 0.600. The van der Waals surface area contributed by atoms with Crippen LogP contribution in [-0.4, -0.2) is 21.2 Å². The number of nitrogens with zero attached hydrogens (tertiary/aromatic N) is 1. The Labute approximate surface area is 149 Å². The number of aromatic hydroxyl groups is 1. The molecule has 2 aliphatic carbocycles. The summed E-state index contributed by atoms with van der Waals surface area (Å²) >= 11 is 0. The molecule has 0 aromatic heterocycles. The standard InChI is InChI=1S/C18H25NO4.C2H4/c1-10-12-4-5-15-13(6-7-16(21)17(15)19(22)23)14(12)8-9-18(10,3)11(2)20;1-2/h6-7,10-12,14,20-21H,4-5,8-9H2,1-3H3;1-2H2. The highest BCUT2D eigenvalue weighted by Gasteiger charge is 2.49. The molecular formula is C20H29NO4. The van der Waals surface area contributed by atoms with Crippen LogP contribution < -0.4 is 0 Å². The third-order valence-corrected chi connectivity index (χ3v) is 6.76. The summed E-state index contributed by atoms with van der Waals surface area (Å²) in [6.07, 6.45) is 3.01. The van der Waals surface area contributed by atoms with E-state index in [0.717, 1.165) is 24.8 Å². The molecule has 5 heteroatoms. The van der Waals surface area contributed by atoms with Crippen LogP contribution in [0.3, 0.4) is 0 Å². The molecule has 25 heavy (non-hydrogen) atoms. The number of nitro groups is 1. The first-order chi connectivity index (χ1) is 11.8. The minimum Gasteiger partial charge on any atom is -0.502 e. The van der Waals surface area contributed by atoms with E-state index in [1.165, 1.54) is 6.07 Å². The summed E-state index contributed by atoms with van der Waals surface area (Å²) < 4.78 is 0. The minimum absolute atomic E-state index is 0.0957. The molecule has 0 heterocycles. The molecule has 1 aromatic rings. The van der Waals surface area contributed by atoms with Crippen molar-refractivity contribution in [2.75, 3.05) is 0 Å². The van der Waals surface area contributed by atoms with E-state index in [4.69, 9.17) is 0 Å². The van der Waals surface area contributed by atoms with Gasteiger partial charge in [0.2, 0.25) is 0 Å². The smallest absolute Gasteiger partial charge is 0.314 e. The molecule has 0 radical (unpaired) electrons. The molecule has 0 saturated heterocycles. The van der Waals surface area contributed by atoms with E-state index in [-0.39, 0.29) is 23.0 Å². The molecule has 3 rings (SSSR count). The molecule has 1 aromatic carbocycles. The molecule has 0 spiro atoms. The van der Waals surface area contributed by atoms with Crippen LogP contribution in [0.25, 0.3) is 0 Å². The van der Waals surface area contributed by atoms with Gasteiger partial charge in [-0.3, -0.25) is 10.1 Å².